The van der Waals surface area contributed by atoms with E-state index < -0.39 is 0 Å². The normalized spacial score (nSPS) is 9.50. The molecule has 0 radical (unpaired) electrons. The van der Waals surface area contributed by atoms with Gasteiger partial charge in [0, 0.05) is 23.8 Å². The molecule has 1 heterocycles. The minimum Gasteiger partial charge on any atom is -0.345 e. The van der Waals surface area contributed by atoms with Gasteiger partial charge in [0.15, 0.2) is 0 Å². The Morgan fingerprint density at radius 3 is 2.71 bits per heavy atom. The topological polar surface area (TPSA) is 28.7 Å². The quantitative estimate of drug-likeness (QED) is 0.786. The Kier molecular flexibility index (Phi) is 3.98. The Hall–Kier alpha value is -0.990. The van der Waals surface area contributed by atoms with E-state index in [1.807, 2.05) is 24.3 Å². The molecule has 0 bridgehead atoms. The fourth-order valence-electron chi connectivity index (χ4n) is 1.28. The van der Waals surface area contributed by atoms with Gasteiger partial charge in [0.1, 0.15) is 5.82 Å². The maximum absolute atomic E-state index is 5.81. The van der Waals surface area contributed by atoms with E-state index in [0.717, 1.165) is 17.0 Å². The fraction of sp³-hybridized carbons (Fsp3) is 0.100. The molecule has 1 aromatic heterocycles. The Bertz CT molecular complexity index is 385. The van der Waals surface area contributed by atoms with Gasteiger partial charge in [-0.3, -0.25) is 0 Å². The molecule has 2 aromatic rings. The van der Waals surface area contributed by atoms with Crippen molar-refractivity contribution in [2.75, 3.05) is 0 Å². The largest absolute Gasteiger partial charge is 0.345 e. The molecular formula is C10H10Cl2N2. The summed E-state index contributed by atoms with van der Waals surface area (Å²) >= 11 is 5.81. The first kappa shape index (κ1) is 11.1. The monoisotopic (exact) mass is 228 g/mol. The third-order valence-electron chi connectivity index (χ3n) is 1.91. The van der Waals surface area contributed by atoms with E-state index in [-0.39, 0.29) is 12.4 Å². The van der Waals surface area contributed by atoms with Crippen LogP contribution in [0.3, 0.4) is 0 Å². The van der Waals surface area contributed by atoms with Crippen molar-refractivity contribution < 1.29 is 0 Å². The first-order valence-electron chi connectivity index (χ1n) is 4.05. The van der Waals surface area contributed by atoms with Gasteiger partial charge in [-0.1, -0.05) is 24.3 Å². The molecule has 0 spiro atoms. The average molecular weight is 229 g/mol. The highest BCUT2D eigenvalue weighted by atomic mass is 35.5. The summed E-state index contributed by atoms with van der Waals surface area (Å²) in [6.45, 7) is 0. The van der Waals surface area contributed by atoms with E-state index in [0.29, 0.717) is 5.88 Å². The van der Waals surface area contributed by atoms with Crippen LogP contribution < -0.4 is 0 Å². The Balaban J connectivity index is 0.000000980. The van der Waals surface area contributed by atoms with Gasteiger partial charge in [-0.2, -0.15) is 0 Å². The molecule has 2 nitrogen and oxygen atoms in total. The van der Waals surface area contributed by atoms with Crippen molar-refractivity contribution in [3.8, 4) is 11.4 Å². The molecular weight excluding hydrogens is 219 g/mol. The number of hydrogen-bond acceptors (Lipinski definition) is 1. The molecule has 4 heteroatoms. The van der Waals surface area contributed by atoms with E-state index in [1.54, 1.807) is 12.4 Å². The number of rotatable bonds is 2. The standard InChI is InChI=1S/C10H9ClN2.ClH/c11-7-8-3-1-2-4-9(8)10-12-5-6-13-10;/h1-6H,7H2,(H,12,13);1H. The molecule has 0 fully saturated rings. The SMILES string of the molecule is Cl.ClCc1ccccc1-c1ncc[nH]1. The van der Waals surface area contributed by atoms with Crippen molar-refractivity contribution in [1.29, 1.82) is 0 Å². The summed E-state index contributed by atoms with van der Waals surface area (Å²) < 4.78 is 0. The van der Waals surface area contributed by atoms with Gasteiger partial charge in [0.05, 0.1) is 0 Å². The van der Waals surface area contributed by atoms with E-state index in [4.69, 9.17) is 11.6 Å². The number of alkyl halides is 1. The highest BCUT2D eigenvalue weighted by Crippen LogP contribution is 2.20. The second-order valence-electron chi connectivity index (χ2n) is 2.73. The third-order valence-corrected chi connectivity index (χ3v) is 2.20. The van der Waals surface area contributed by atoms with Gasteiger partial charge in [-0.15, -0.1) is 24.0 Å². The van der Waals surface area contributed by atoms with Gasteiger partial charge in [0.2, 0.25) is 0 Å². The lowest BCUT2D eigenvalue weighted by molar-refractivity contribution is 1.27. The van der Waals surface area contributed by atoms with Gasteiger partial charge in [0.25, 0.3) is 0 Å². The number of imidazole rings is 1. The van der Waals surface area contributed by atoms with E-state index >= 15 is 0 Å². The Morgan fingerprint density at radius 1 is 1.29 bits per heavy atom. The number of halogens is 2. The Labute approximate surface area is 93.7 Å². The molecule has 2 rings (SSSR count). The van der Waals surface area contributed by atoms with Crippen LogP contribution in [0, 0.1) is 0 Å². The highest BCUT2D eigenvalue weighted by molar-refractivity contribution is 6.17. The van der Waals surface area contributed by atoms with Crippen LogP contribution in [0.25, 0.3) is 11.4 Å². The van der Waals surface area contributed by atoms with Crippen molar-refractivity contribution in [3.05, 3.63) is 42.2 Å². The fourth-order valence-corrected chi connectivity index (χ4v) is 1.51. The maximum Gasteiger partial charge on any atom is 0.137 e. The number of benzene rings is 1. The van der Waals surface area contributed by atoms with Crippen LogP contribution in [0.5, 0.6) is 0 Å². The minimum atomic E-state index is 0. The molecule has 1 aromatic carbocycles. The summed E-state index contributed by atoms with van der Waals surface area (Å²) in [6.07, 6.45) is 3.54. The summed E-state index contributed by atoms with van der Waals surface area (Å²) in [5.41, 5.74) is 2.17. The molecule has 0 amide bonds. The van der Waals surface area contributed by atoms with Crippen molar-refractivity contribution in [2.45, 2.75) is 5.88 Å². The molecule has 0 atom stereocenters. The second kappa shape index (κ2) is 5.03. The number of nitrogens with one attached hydrogen (secondary N) is 1. The zero-order chi connectivity index (χ0) is 9.10. The maximum atomic E-state index is 5.81. The molecule has 0 aliphatic rings. The lowest BCUT2D eigenvalue weighted by atomic mass is 10.1. The number of nitrogens with zero attached hydrogens (tertiary/aromatic N) is 1. The second-order valence-corrected chi connectivity index (χ2v) is 3.00. The summed E-state index contributed by atoms with van der Waals surface area (Å²) in [7, 11) is 0. The highest BCUT2D eigenvalue weighted by Gasteiger charge is 2.03. The Morgan fingerprint density at radius 2 is 2.07 bits per heavy atom. The number of hydrogen-bond donors (Lipinski definition) is 1. The smallest absolute Gasteiger partial charge is 0.137 e. The summed E-state index contributed by atoms with van der Waals surface area (Å²) in [6, 6.07) is 7.97. The predicted octanol–water partition coefficient (Wildman–Crippen LogP) is 3.24. The van der Waals surface area contributed by atoms with Crippen molar-refractivity contribution in [3.63, 3.8) is 0 Å². The van der Waals surface area contributed by atoms with E-state index in [1.165, 1.54) is 0 Å². The molecule has 0 saturated carbocycles. The van der Waals surface area contributed by atoms with Gasteiger partial charge in [-0.05, 0) is 5.56 Å². The van der Waals surface area contributed by atoms with Gasteiger partial charge in [-0.25, -0.2) is 4.98 Å². The van der Waals surface area contributed by atoms with Crippen LogP contribution in [0.2, 0.25) is 0 Å². The molecule has 0 saturated heterocycles. The van der Waals surface area contributed by atoms with Crippen LogP contribution in [0.15, 0.2) is 36.7 Å². The van der Waals surface area contributed by atoms with Crippen molar-refractivity contribution >= 4 is 24.0 Å². The first-order valence-corrected chi connectivity index (χ1v) is 4.59. The average Bonchev–Trinajstić information content (AvgIpc) is 2.70. The molecule has 74 valence electrons. The lowest BCUT2D eigenvalue weighted by Gasteiger charge is -2.02. The summed E-state index contributed by atoms with van der Waals surface area (Å²) in [5.74, 6) is 1.38. The molecule has 1 N–H and O–H groups in total. The first-order chi connectivity index (χ1) is 6.42. The van der Waals surface area contributed by atoms with Crippen molar-refractivity contribution in [2.24, 2.45) is 0 Å². The minimum absolute atomic E-state index is 0. The number of H-pyrrole nitrogens is 1. The van der Waals surface area contributed by atoms with Crippen LogP contribution in [0.4, 0.5) is 0 Å². The van der Waals surface area contributed by atoms with Gasteiger partial charge >= 0.3 is 0 Å². The van der Waals surface area contributed by atoms with Crippen LogP contribution in [-0.2, 0) is 5.88 Å². The van der Waals surface area contributed by atoms with Crippen LogP contribution in [-0.4, -0.2) is 9.97 Å². The summed E-state index contributed by atoms with van der Waals surface area (Å²) in [5, 5.41) is 0. The predicted molar refractivity (Wildman–Crippen MR) is 60.8 cm³/mol. The molecule has 0 unspecified atom stereocenters. The van der Waals surface area contributed by atoms with Crippen molar-refractivity contribution in [1.82, 2.24) is 9.97 Å². The van der Waals surface area contributed by atoms with Crippen LogP contribution >= 0.6 is 24.0 Å². The third kappa shape index (κ3) is 2.08. The van der Waals surface area contributed by atoms with E-state index in [9.17, 15) is 0 Å². The number of aromatic amines is 1. The van der Waals surface area contributed by atoms with E-state index in [2.05, 4.69) is 9.97 Å². The zero-order valence-corrected chi connectivity index (χ0v) is 8.98. The lowest BCUT2D eigenvalue weighted by Crippen LogP contribution is -1.86. The number of aromatic nitrogens is 2. The zero-order valence-electron chi connectivity index (χ0n) is 7.40. The summed E-state index contributed by atoms with van der Waals surface area (Å²) in [4.78, 5) is 7.24. The molecule has 14 heavy (non-hydrogen) atoms. The molecule has 0 aliphatic carbocycles. The van der Waals surface area contributed by atoms with Crippen LogP contribution in [0.1, 0.15) is 5.56 Å². The molecule has 0 aliphatic heterocycles. The van der Waals surface area contributed by atoms with Gasteiger partial charge < -0.3 is 4.98 Å².